The van der Waals surface area contributed by atoms with E-state index in [1.807, 2.05) is 48.5 Å². The second-order valence-corrected chi connectivity index (χ2v) is 8.51. The van der Waals surface area contributed by atoms with Crippen LogP contribution < -0.4 is 5.32 Å². The van der Waals surface area contributed by atoms with Crippen LogP contribution >= 0.6 is 11.8 Å². The Labute approximate surface area is 164 Å². The fourth-order valence-corrected chi connectivity index (χ4v) is 5.02. The quantitative estimate of drug-likeness (QED) is 0.800. The van der Waals surface area contributed by atoms with Gasteiger partial charge in [-0.05, 0) is 69.1 Å². The second-order valence-electron chi connectivity index (χ2n) is 7.40. The molecule has 0 aliphatic carbocycles. The fourth-order valence-electron chi connectivity index (χ4n) is 4.03. The molecule has 3 heterocycles. The predicted molar refractivity (Wildman–Crippen MR) is 107 cm³/mol. The van der Waals surface area contributed by atoms with Crippen molar-refractivity contribution in [2.24, 2.45) is 5.92 Å². The summed E-state index contributed by atoms with van der Waals surface area (Å²) in [5, 5.41) is 3.23. The standard InChI is InChI=1S/C22H24N2O2S/c1-15(25)19-4-2-3-5-21(19)27-18-8-6-17(7-9-18)22(26)23-20-14-24-12-10-16(20)11-13-24/h2-9,16,20H,10-14H2,1H3,(H,23,26)/t20-/m0/s1. The number of nitrogens with zero attached hydrogens (tertiary/aromatic N) is 1. The minimum absolute atomic E-state index is 0.00874. The Hall–Kier alpha value is -2.11. The molecule has 0 spiro atoms. The van der Waals surface area contributed by atoms with Crippen LogP contribution in [0.25, 0.3) is 0 Å². The van der Waals surface area contributed by atoms with Crippen LogP contribution in [0.2, 0.25) is 0 Å². The van der Waals surface area contributed by atoms with E-state index in [-0.39, 0.29) is 17.7 Å². The Morgan fingerprint density at radius 2 is 1.74 bits per heavy atom. The molecule has 0 radical (unpaired) electrons. The number of fused-ring (bicyclic) bond motifs is 3. The van der Waals surface area contributed by atoms with Gasteiger partial charge in [-0.1, -0.05) is 30.0 Å². The van der Waals surface area contributed by atoms with Crippen LogP contribution in [0, 0.1) is 5.92 Å². The summed E-state index contributed by atoms with van der Waals surface area (Å²) in [7, 11) is 0. The van der Waals surface area contributed by atoms with E-state index in [0.29, 0.717) is 11.5 Å². The highest BCUT2D eigenvalue weighted by atomic mass is 32.2. The molecular formula is C22H24N2O2S. The van der Waals surface area contributed by atoms with Crippen LogP contribution in [-0.2, 0) is 0 Å². The number of carbonyl (C=O) groups is 2. The maximum atomic E-state index is 12.6. The molecule has 1 amide bonds. The molecule has 27 heavy (non-hydrogen) atoms. The molecule has 0 saturated carbocycles. The first-order valence-electron chi connectivity index (χ1n) is 9.51. The predicted octanol–water partition coefficient (Wildman–Crippen LogP) is 3.86. The van der Waals surface area contributed by atoms with E-state index >= 15 is 0 Å². The molecule has 2 aromatic carbocycles. The van der Waals surface area contributed by atoms with Crippen LogP contribution in [0.5, 0.6) is 0 Å². The first kappa shape index (κ1) is 18.3. The number of rotatable bonds is 5. The van der Waals surface area contributed by atoms with Crippen LogP contribution in [0.4, 0.5) is 0 Å². The molecule has 140 valence electrons. The Morgan fingerprint density at radius 3 is 2.37 bits per heavy atom. The summed E-state index contributed by atoms with van der Waals surface area (Å²) in [6.07, 6.45) is 2.38. The number of nitrogens with one attached hydrogen (secondary N) is 1. The highest BCUT2D eigenvalue weighted by molar-refractivity contribution is 7.99. The highest BCUT2D eigenvalue weighted by Crippen LogP contribution is 2.31. The van der Waals surface area contributed by atoms with Crippen molar-refractivity contribution in [3.63, 3.8) is 0 Å². The van der Waals surface area contributed by atoms with Crippen molar-refractivity contribution in [2.45, 2.75) is 35.6 Å². The number of amides is 1. The number of carbonyl (C=O) groups excluding carboxylic acids is 2. The summed E-state index contributed by atoms with van der Waals surface area (Å²) in [6, 6.07) is 15.5. The van der Waals surface area contributed by atoms with Crippen LogP contribution in [0.1, 0.15) is 40.5 Å². The molecule has 3 aliphatic rings. The molecule has 1 atom stereocenters. The highest BCUT2D eigenvalue weighted by Gasteiger charge is 2.34. The Kier molecular flexibility index (Phi) is 5.32. The van der Waals surface area contributed by atoms with E-state index in [1.165, 1.54) is 25.9 Å². The molecule has 0 unspecified atom stereocenters. The summed E-state index contributed by atoms with van der Waals surface area (Å²) in [5.74, 6) is 0.693. The van der Waals surface area contributed by atoms with Crippen molar-refractivity contribution in [2.75, 3.05) is 19.6 Å². The third kappa shape index (κ3) is 4.09. The van der Waals surface area contributed by atoms with Gasteiger partial charge in [0.2, 0.25) is 0 Å². The van der Waals surface area contributed by atoms with Crippen molar-refractivity contribution in [3.8, 4) is 0 Å². The molecule has 3 aliphatic heterocycles. The lowest BCUT2D eigenvalue weighted by Crippen LogP contribution is -2.57. The molecule has 5 rings (SSSR count). The van der Waals surface area contributed by atoms with Gasteiger partial charge in [0.25, 0.3) is 5.91 Å². The van der Waals surface area contributed by atoms with Gasteiger partial charge < -0.3 is 10.2 Å². The van der Waals surface area contributed by atoms with Gasteiger partial charge in [-0.25, -0.2) is 0 Å². The van der Waals surface area contributed by atoms with Crippen LogP contribution in [0.15, 0.2) is 58.3 Å². The van der Waals surface area contributed by atoms with Crippen molar-refractivity contribution in [1.82, 2.24) is 10.2 Å². The monoisotopic (exact) mass is 380 g/mol. The third-order valence-electron chi connectivity index (χ3n) is 5.58. The zero-order valence-corrected chi connectivity index (χ0v) is 16.3. The smallest absolute Gasteiger partial charge is 0.251 e. The van der Waals surface area contributed by atoms with E-state index < -0.39 is 0 Å². The van der Waals surface area contributed by atoms with Gasteiger partial charge in [0.1, 0.15) is 0 Å². The lowest BCUT2D eigenvalue weighted by atomic mass is 9.84. The molecule has 5 heteroatoms. The average molecular weight is 381 g/mol. The zero-order valence-electron chi connectivity index (χ0n) is 15.5. The Morgan fingerprint density at radius 1 is 1.04 bits per heavy atom. The van der Waals surface area contributed by atoms with Gasteiger partial charge in [-0.2, -0.15) is 0 Å². The number of hydrogen-bond donors (Lipinski definition) is 1. The van der Waals surface area contributed by atoms with Crippen molar-refractivity contribution in [3.05, 3.63) is 59.7 Å². The van der Waals surface area contributed by atoms with Crippen molar-refractivity contribution >= 4 is 23.5 Å². The summed E-state index contributed by atoms with van der Waals surface area (Å²) < 4.78 is 0. The summed E-state index contributed by atoms with van der Waals surface area (Å²) in [6.45, 7) is 4.91. The Bertz CT molecular complexity index is 842. The van der Waals surface area contributed by atoms with Crippen LogP contribution in [-0.4, -0.2) is 42.3 Å². The SMILES string of the molecule is CC(=O)c1ccccc1Sc1ccc(C(=O)N[C@H]2CN3CCC2CC3)cc1. The van der Waals surface area contributed by atoms with Gasteiger partial charge in [-0.3, -0.25) is 9.59 Å². The lowest BCUT2D eigenvalue weighted by Gasteiger charge is -2.44. The number of ketones is 1. The topological polar surface area (TPSA) is 49.4 Å². The summed E-state index contributed by atoms with van der Waals surface area (Å²) in [5.41, 5.74) is 1.42. The van der Waals surface area contributed by atoms with Crippen molar-refractivity contribution in [1.29, 1.82) is 0 Å². The van der Waals surface area contributed by atoms with Gasteiger partial charge in [0, 0.05) is 33.5 Å². The molecule has 2 bridgehead atoms. The van der Waals surface area contributed by atoms with E-state index in [0.717, 1.165) is 21.9 Å². The molecule has 2 aromatic rings. The molecule has 3 fully saturated rings. The first-order valence-corrected chi connectivity index (χ1v) is 10.3. The maximum absolute atomic E-state index is 12.6. The zero-order chi connectivity index (χ0) is 18.8. The average Bonchev–Trinajstić information content (AvgIpc) is 2.70. The molecule has 3 saturated heterocycles. The maximum Gasteiger partial charge on any atom is 0.251 e. The van der Waals surface area contributed by atoms with Gasteiger partial charge in [-0.15, -0.1) is 0 Å². The normalized spacial score (nSPS) is 23.8. The second kappa shape index (κ2) is 7.87. The number of hydrogen-bond acceptors (Lipinski definition) is 4. The fraction of sp³-hybridized carbons (Fsp3) is 0.364. The molecule has 0 aromatic heterocycles. The largest absolute Gasteiger partial charge is 0.348 e. The summed E-state index contributed by atoms with van der Waals surface area (Å²) >= 11 is 1.55. The minimum Gasteiger partial charge on any atom is -0.348 e. The lowest BCUT2D eigenvalue weighted by molar-refractivity contribution is 0.0620. The molecule has 1 N–H and O–H groups in total. The van der Waals surface area contributed by atoms with E-state index in [4.69, 9.17) is 0 Å². The van der Waals surface area contributed by atoms with Gasteiger partial charge in [0.15, 0.2) is 5.78 Å². The number of piperidine rings is 3. The molecule has 4 nitrogen and oxygen atoms in total. The van der Waals surface area contributed by atoms with E-state index in [2.05, 4.69) is 10.2 Å². The van der Waals surface area contributed by atoms with E-state index in [1.54, 1.807) is 18.7 Å². The van der Waals surface area contributed by atoms with Gasteiger partial charge >= 0.3 is 0 Å². The van der Waals surface area contributed by atoms with Gasteiger partial charge in [0.05, 0.1) is 0 Å². The number of benzene rings is 2. The molecular weight excluding hydrogens is 356 g/mol. The van der Waals surface area contributed by atoms with Crippen molar-refractivity contribution < 1.29 is 9.59 Å². The minimum atomic E-state index is 0.00874. The Balaban J connectivity index is 1.42. The first-order chi connectivity index (χ1) is 13.1. The number of Topliss-reactive ketones (excluding diaryl/α,β-unsaturated/α-hetero) is 1. The summed E-state index contributed by atoms with van der Waals surface area (Å²) in [4.78, 5) is 28.8. The van der Waals surface area contributed by atoms with Crippen LogP contribution in [0.3, 0.4) is 0 Å². The van der Waals surface area contributed by atoms with E-state index in [9.17, 15) is 9.59 Å². The third-order valence-corrected chi connectivity index (χ3v) is 6.67.